The van der Waals surface area contributed by atoms with Crippen LogP contribution in [0.15, 0.2) is 58.3 Å². The lowest BCUT2D eigenvalue weighted by atomic mass is 9.96. The molecule has 0 aliphatic rings. The van der Waals surface area contributed by atoms with Crippen LogP contribution < -0.4 is 5.32 Å². The number of rotatable bonds is 6. The number of carbonyl (C=O) groups is 1. The Morgan fingerprint density at radius 1 is 1.08 bits per heavy atom. The van der Waals surface area contributed by atoms with Gasteiger partial charge in [0.05, 0.1) is 20.5 Å². The average Bonchev–Trinajstić information content (AvgIpc) is 2.63. The van der Waals surface area contributed by atoms with E-state index in [9.17, 15) is 18.3 Å². The fraction of sp³-hybridized carbons (Fsp3) is 0.278. The van der Waals surface area contributed by atoms with Crippen LogP contribution in [-0.4, -0.2) is 25.0 Å². The summed E-state index contributed by atoms with van der Waals surface area (Å²) >= 11 is 6.14. The summed E-state index contributed by atoms with van der Waals surface area (Å²) in [6.45, 7) is 3.42. The van der Waals surface area contributed by atoms with Crippen molar-refractivity contribution in [3.05, 3.63) is 53.6 Å². The molecule has 0 spiro atoms. The molecule has 2 N–H and O–H groups in total. The van der Waals surface area contributed by atoms with Crippen molar-refractivity contribution in [3.63, 3.8) is 0 Å². The highest BCUT2D eigenvalue weighted by atomic mass is 35.5. The monoisotopic (exact) mass is 381 g/mol. The van der Waals surface area contributed by atoms with Crippen molar-refractivity contribution >= 4 is 33.0 Å². The fourth-order valence-electron chi connectivity index (χ4n) is 2.31. The minimum Gasteiger partial charge on any atom is -0.380 e. The topological polar surface area (TPSA) is 83.5 Å². The first-order valence-electron chi connectivity index (χ1n) is 7.88. The molecule has 134 valence electrons. The van der Waals surface area contributed by atoms with Crippen LogP contribution in [0.25, 0.3) is 0 Å². The number of anilines is 1. The summed E-state index contributed by atoms with van der Waals surface area (Å²) < 4.78 is 25.2. The molecular formula is C18H20ClNO4S. The summed E-state index contributed by atoms with van der Waals surface area (Å²) in [6.07, 6.45) is 0.515. The van der Waals surface area contributed by atoms with E-state index in [4.69, 9.17) is 11.6 Å². The molecule has 0 aliphatic carbocycles. The summed E-state index contributed by atoms with van der Waals surface area (Å²) in [6, 6.07) is 12.1. The Morgan fingerprint density at radius 2 is 1.68 bits per heavy atom. The number of nitrogens with one attached hydrogen (secondary N) is 1. The Hall–Kier alpha value is -1.89. The van der Waals surface area contributed by atoms with E-state index in [1.54, 1.807) is 32.0 Å². The van der Waals surface area contributed by atoms with Gasteiger partial charge in [0, 0.05) is 0 Å². The lowest BCUT2D eigenvalue weighted by Crippen LogP contribution is -2.41. The number of aliphatic hydroxyl groups is 1. The van der Waals surface area contributed by atoms with Gasteiger partial charge in [-0.25, -0.2) is 8.42 Å². The Kier molecular flexibility index (Phi) is 5.87. The molecule has 25 heavy (non-hydrogen) atoms. The van der Waals surface area contributed by atoms with Crippen molar-refractivity contribution in [2.45, 2.75) is 42.1 Å². The molecule has 0 radical (unpaired) electrons. The summed E-state index contributed by atoms with van der Waals surface area (Å²) in [4.78, 5) is 12.4. The minimum atomic E-state index is -3.69. The van der Waals surface area contributed by atoms with E-state index in [2.05, 4.69) is 5.32 Å². The Morgan fingerprint density at radius 3 is 2.20 bits per heavy atom. The molecule has 0 saturated carbocycles. The molecule has 0 fully saturated rings. The predicted octanol–water partition coefficient (Wildman–Crippen LogP) is 3.66. The molecule has 0 aliphatic heterocycles. The highest BCUT2D eigenvalue weighted by molar-refractivity contribution is 7.91. The second kappa shape index (κ2) is 7.56. The van der Waals surface area contributed by atoms with Crippen molar-refractivity contribution in [3.8, 4) is 0 Å². The first-order chi connectivity index (χ1) is 11.7. The van der Waals surface area contributed by atoms with Crippen molar-refractivity contribution < 1.29 is 18.3 Å². The van der Waals surface area contributed by atoms with E-state index in [-0.39, 0.29) is 33.3 Å². The summed E-state index contributed by atoms with van der Waals surface area (Å²) in [5, 5.41) is 12.9. The van der Waals surface area contributed by atoms with E-state index in [1.165, 1.54) is 30.3 Å². The van der Waals surface area contributed by atoms with Crippen LogP contribution >= 0.6 is 11.6 Å². The van der Waals surface area contributed by atoms with Gasteiger partial charge in [-0.05, 0) is 43.2 Å². The lowest BCUT2D eigenvalue weighted by molar-refractivity contribution is -0.134. The highest BCUT2D eigenvalue weighted by Crippen LogP contribution is 2.29. The SMILES string of the molecule is CCC(O)(CC)C(=O)Nc1ccc(S(=O)(=O)c2ccccc2)cc1Cl. The van der Waals surface area contributed by atoms with E-state index < -0.39 is 21.3 Å². The minimum absolute atomic E-state index is 0.0305. The molecule has 0 aromatic heterocycles. The molecule has 7 heteroatoms. The maximum Gasteiger partial charge on any atom is 0.256 e. The number of carbonyl (C=O) groups excluding carboxylic acids is 1. The normalized spacial score (nSPS) is 12.0. The van der Waals surface area contributed by atoms with Gasteiger partial charge < -0.3 is 10.4 Å². The molecule has 1 amide bonds. The fourth-order valence-corrected chi connectivity index (χ4v) is 3.91. The summed E-state index contributed by atoms with van der Waals surface area (Å²) in [5.41, 5.74) is -1.24. The Balaban J connectivity index is 2.32. The smallest absolute Gasteiger partial charge is 0.256 e. The highest BCUT2D eigenvalue weighted by Gasteiger charge is 2.32. The van der Waals surface area contributed by atoms with Crippen LogP contribution in [0.3, 0.4) is 0 Å². The zero-order valence-electron chi connectivity index (χ0n) is 14.0. The van der Waals surface area contributed by atoms with Gasteiger partial charge in [-0.3, -0.25) is 4.79 Å². The third-order valence-electron chi connectivity index (χ3n) is 4.14. The third kappa shape index (κ3) is 4.03. The predicted molar refractivity (Wildman–Crippen MR) is 97.5 cm³/mol. The van der Waals surface area contributed by atoms with Gasteiger partial charge >= 0.3 is 0 Å². The Bertz CT molecular complexity index is 862. The number of hydrogen-bond donors (Lipinski definition) is 2. The van der Waals surface area contributed by atoms with Gasteiger partial charge in [-0.2, -0.15) is 0 Å². The molecule has 0 atom stereocenters. The molecule has 2 aromatic rings. The van der Waals surface area contributed by atoms with Crippen molar-refractivity contribution in [2.75, 3.05) is 5.32 Å². The van der Waals surface area contributed by atoms with Crippen LogP contribution in [0.2, 0.25) is 5.02 Å². The molecule has 0 bridgehead atoms. The second-order valence-corrected chi connectivity index (χ2v) is 8.01. The van der Waals surface area contributed by atoms with E-state index in [0.717, 1.165) is 0 Å². The second-order valence-electron chi connectivity index (χ2n) is 5.65. The van der Waals surface area contributed by atoms with E-state index in [0.29, 0.717) is 0 Å². The molecule has 5 nitrogen and oxygen atoms in total. The van der Waals surface area contributed by atoms with Crippen LogP contribution in [0.5, 0.6) is 0 Å². The molecule has 0 saturated heterocycles. The van der Waals surface area contributed by atoms with E-state index >= 15 is 0 Å². The first-order valence-corrected chi connectivity index (χ1v) is 9.74. The van der Waals surface area contributed by atoms with Crippen molar-refractivity contribution in [2.24, 2.45) is 0 Å². The quantitative estimate of drug-likeness (QED) is 0.799. The summed E-state index contributed by atoms with van der Waals surface area (Å²) in [5.74, 6) is -0.571. The number of halogens is 1. The maximum absolute atomic E-state index is 12.6. The van der Waals surface area contributed by atoms with Gasteiger partial charge in [0.25, 0.3) is 5.91 Å². The Labute approximate surface area is 152 Å². The molecule has 2 aromatic carbocycles. The van der Waals surface area contributed by atoms with Crippen molar-refractivity contribution in [1.82, 2.24) is 0 Å². The summed E-state index contributed by atoms with van der Waals surface area (Å²) in [7, 11) is -3.69. The van der Waals surface area contributed by atoms with E-state index in [1.807, 2.05) is 0 Å². The average molecular weight is 382 g/mol. The number of benzene rings is 2. The van der Waals surface area contributed by atoms with Gasteiger partial charge in [-0.1, -0.05) is 43.6 Å². The van der Waals surface area contributed by atoms with Gasteiger partial charge in [0.1, 0.15) is 5.60 Å². The number of amides is 1. The number of sulfone groups is 1. The third-order valence-corrected chi connectivity index (χ3v) is 6.23. The molecule has 0 heterocycles. The zero-order chi connectivity index (χ0) is 18.7. The van der Waals surface area contributed by atoms with Crippen LogP contribution in [0.4, 0.5) is 5.69 Å². The zero-order valence-corrected chi connectivity index (χ0v) is 15.6. The molecule has 0 unspecified atom stereocenters. The van der Waals surface area contributed by atoms with Crippen LogP contribution in [0.1, 0.15) is 26.7 Å². The molecule has 2 rings (SSSR count). The molecular weight excluding hydrogens is 362 g/mol. The largest absolute Gasteiger partial charge is 0.380 e. The van der Waals surface area contributed by atoms with Gasteiger partial charge in [-0.15, -0.1) is 0 Å². The van der Waals surface area contributed by atoms with Crippen LogP contribution in [0, 0.1) is 0 Å². The maximum atomic E-state index is 12.6. The first kappa shape index (κ1) is 19.4. The van der Waals surface area contributed by atoms with Crippen molar-refractivity contribution in [1.29, 1.82) is 0 Å². The number of hydrogen-bond acceptors (Lipinski definition) is 4. The lowest BCUT2D eigenvalue weighted by Gasteiger charge is -2.24. The van der Waals surface area contributed by atoms with Crippen LogP contribution in [-0.2, 0) is 14.6 Å². The van der Waals surface area contributed by atoms with Gasteiger partial charge in [0.2, 0.25) is 9.84 Å². The van der Waals surface area contributed by atoms with Gasteiger partial charge in [0.15, 0.2) is 0 Å². The standard InChI is InChI=1S/C18H20ClNO4S/c1-3-18(22,4-2)17(21)20-16-11-10-14(12-15(16)19)25(23,24)13-8-6-5-7-9-13/h5-12,22H,3-4H2,1-2H3,(H,20,21).